The number of fused-ring (bicyclic) bond motifs is 1. The molecule has 1 aromatic heterocycles. The number of hydrogen-bond acceptors (Lipinski definition) is 5. The summed E-state index contributed by atoms with van der Waals surface area (Å²) in [4.78, 5) is 12.5. The van der Waals surface area contributed by atoms with Crippen LogP contribution in [0.4, 0.5) is 5.95 Å². The van der Waals surface area contributed by atoms with E-state index in [1.54, 1.807) is 22.9 Å². The van der Waals surface area contributed by atoms with E-state index in [4.69, 9.17) is 23.2 Å². The highest BCUT2D eigenvalue weighted by molar-refractivity contribution is 6.36. The van der Waals surface area contributed by atoms with Gasteiger partial charge in [0, 0.05) is 33.3 Å². The monoisotopic (exact) mass is 335 g/mol. The Morgan fingerprint density at radius 1 is 1.23 bits per heavy atom. The molecule has 0 fully saturated rings. The molecule has 0 saturated heterocycles. The molecule has 1 N–H and O–H groups in total. The number of nitrogens with zero attached hydrogens (tertiary/aromatic N) is 4. The van der Waals surface area contributed by atoms with E-state index in [1.807, 2.05) is 0 Å². The van der Waals surface area contributed by atoms with E-state index in [9.17, 15) is 4.79 Å². The van der Waals surface area contributed by atoms with E-state index in [1.165, 1.54) is 0 Å². The molecular formula is C14H11Cl2N5O. The Hall–Kier alpha value is -1.92. The molecule has 0 amide bonds. The molecule has 0 bridgehead atoms. The summed E-state index contributed by atoms with van der Waals surface area (Å²) >= 11 is 12.7. The molecule has 8 heteroatoms. The van der Waals surface area contributed by atoms with Crippen LogP contribution in [0.25, 0.3) is 0 Å². The lowest BCUT2D eigenvalue weighted by atomic mass is 9.85. The number of hydrogen-bond donors (Lipinski definition) is 1. The Kier molecular flexibility index (Phi) is 3.16. The summed E-state index contributed by atoms with van der Waals surface area (Å²) in [7, 11) is 0. The molecular weight excluding hydrogens is 325 g/mol. The van der Waals surface area contributed by atoms with Crippen molar-refractivity contribution >= 4 is 34.9 Å². The first kappa shape index (κ1) is 13.7. The Morgan fingerprint density at radius 3 is 2.77 bits per heavy atom. The second kappa shape index (κ2) is 5.07. The van der Waals surface area contributed by atoms with Crippen LogP contribution >= 0.6 is 23.2 Å². The normalized spacial score (nSPS) is 20.5. The molecule has 112 valence electrons. The predicted molar refractivity (Wildman–Crippen MR) is 81.9 cm³/mol. The third-order valence-electron chi connectivity index (χ3n) is 4.00. The highest BCUT2D eigenvalue weighted by atomic mass is 35.5. The van der Waals surface area contributed by atoms with Gasteiger partial charge in [0.15, 0.2) is 5.78 Å². The van der Waals surface area contributed by atoms with E-state index in [0.29, 0.717) is 33.6 Å². The van der Waals surface area contributed by atoms with Crippen LogP contribution in [0.15, 0.2) is 29.5 Å². The van der Waals surface area contributed by atoms with Crippen molar-refractivity contribution in [2.24, 2.45) is 0 Å². The number of benzene rings is 1. The van der Waals surface area contributed by atoms with E-state index >= 15 is 0 Å². The topological polar surface area (TPSA) is 72.7 Å². The summed E-state index contributed by atoms with van der Waals surface area (Å²) in [5.41, 5.74) is 2.17. The SMILES string of the molecule is O=C1CCCC2=C1[C@H](c1c(Cl)cccc1Cl)n1nnnc1N2. The minimum Gasteiger partial charge on any atom is -0.326 e. The number of nitrogens with one attached hydrogen (secondary N) is 1. The zero-order valence-corrected chi connectivity index (χ0v) is 12.9. The summed E-state index contributed by atoms with van der Waals surface area (Å²) in [6, 6.07) is 4.79. The van der Waals surface area contributed by atoms with Gasteiger partial charge in [0.25, 0.3) is 0 Å². The van der Waals surface area contributed by atoms with Gasteiger partial charge in [-0.1, -0.05) is 34.4 Å². The van der Waals surface area contributed by atoms with E-state index < -0.39 is 6.04 Å². The largest absolute Gasteiger partial charge is 0.326 e. The zero-order chi connectivity index (χ0) is 15.3. The average Bonchev–Trinajstić information content (AvgIpc) is 2.94. The van der Waals surface area contributed by atoms with Crippen LogP contribution in [0, 0.1) is 0 Å². The van der Waals surface area contributed by atoms with Crippen LogP contribution in [-0.2, 0) is 4.79 Å². The van der Waals surface area contributed by atoms with Crippen molar-refractivity contribution in [1.29, 1.82) is 0 Å². The van der Waals surface area contributed by atoms with Crippen molar-refractivity contribution in [2.75, 3.05) is 5.32 Å². The van der Waals surface area contributed by atoms with Crippen LogP contribution in [0.5, 0.6) is 0 Å². The smallest absolute Gasteiger partial charge is 0.248 e. The molecule has 2 heterocycles. The number of ketones is 1. The maximum atomic E-state index is 12.5. The molecule has 22 heavy (non-hydrogen) atoms. The number of halogens is 2. The molecule has 1 atom stereocenters. The number of allylic oxidation sites excluding steroid dienone is 2. The zero-order valence-electron chi connectivity index (χ0n) is 11.4. The van der Waals surface area contributed by atoms with E-state index in [0.717, 1.165) is 18.5 Å². The third-order valence-corrected chi connectivity index (χ3v) is 4.66. The van der Waals surface area contributed by atoms with E-state index in [2.05, 4.69) is 20.8 Å². The van der Waals surface area contributed by atoms with Gasteiger partial charge in [-0.15, -0.1) is 0 Å². The number of carbonyl (C=O) groups is 1. The van der Waals surface area contributed by atoms with Gasteiger partial charge in [0.2, 0.25) is 5.95 Å². The minimum absolute atomic E-state index is 0.0795. The quantitative estimate of drug-likeness (QED) is 0.867. The van der Waals surface area contributed by atoms with Crippen LogP contribution in [0.1, 0.15) is 30.9 Å². The van der Waals surface area contributed by atoms with Gasteiger partial charge in [-0.2, -0.15) is 4.68 Å². The maximum absolute atomic E-state index is 12.5. The molecule has 0 unspecified atom stereocenters. The Bertz CT molecular complexity index is 793. The number of aromatic nitrogens is 4. The third kappa shape index (κ3) is 1.94. The summed E-state index contributed by atoms with van der Waals surface area (Å²) < 4.78 is 1.56. The molecule has 6 nitrogen and oxygen atoms in total. The highest BCUT2D eigenvalue weighted by Gasteiger charge is 2.38. The van der Waals surface area contributed by atoms with Gasteiger partial charge in [-0.25, -0.2) is 0 Å². The lowest BCUT2D eigenvalue weighted by Gasteiger charge is -2.32. The first-order valence-corrected chi connectivity index (χ1v) is 7.67. The van der Waals surface area contributed by atoms with Crippen LogP contribution in [0.3, 0.4) is 0 Å². The van der Waals surface area contributed by atoms with Crippen molar-refractivity contribution in [3.05, 3.63) is 45.1 Å². The summed E-state index contributed by atoms with van der Waals surface area (Å²) in [5.74, 6) is 0.574. The summed E-state index contributed by atoms with van der Waals surface area (Å²) in [5, 5.41) is 15.8. The molecule has 0 saturated carbocycles. The van der Waals surface area contributed by atoms with Gasteiger partial charge in [0.05, 0.1) is 0 Å². The van der Waals surface area contributed by atoms with Crippen molar-refractivity contribution in [2.45, 2.75) is 25.3 Å². The van der Waals surface area contributed by atoms with Gasteiger partial charge < -0.3 is 5.32 Å². The Labute approximate surface area is 136 Å². The lowest BCUT2D eigenvalue weighted by Crippen LogP contribution is -2.31. The molecule has 1 aliphatic carbocycles. The van der Waals surface area contributed by atoms with Crippen molar-refractivity contribution in [3.63, 3.8) is 0 Å². The van der Waals surface area contributed by atoms with Crippen LogP contribution in [-0.4, -0.2) is 26.0 Å². The van der Waals surface area contributed by atoms with Gasteiger partial charge in [-0.3, -0.25) is 4.79 Å². The molecule has 0 radical (unpaired) electrons. The fourth-order valence-electron chi connectivity index (χ4n) is 3.06. The molecule has 1 aliphatic heterocycles. The molecule has 0 spiro atoms. The fraction of sp³-hybridized carbons (Fsp3) is 0.286. The first-order chi connectivity index (χ1) is 10.7. The Balaban J connectivity index is 1.99. The van der Waals surface area contributed by atoms with Crippen molar-refractivity contribution in [3.8, 4) is 0 Å². The van der Waals surface area contributed by atoms with Gasteiger partial charge >= 0.3 is 0 Å². The summed E-state index contributed by atoms with van der Waals surface area (Å²) in [6.45, 7) is 0. The second-order valence-electron chi connectivity index (χ2n) is 5.28. The van der Waals surface area contributed by atoms with Crippen molar-refractivity contribution in [1.82, 2.24) is 20.2 Å². The molecule has 1 aromatic carbocycles. The number of rotatable bonds is 1. The standard InChI is InChI=1S/C14H11Cl2N5O/c15-7-3-1-4-8(16)11(7)13-12-9(5-2-6-10(12)22)17-14-18-19-20-21(13)14/h1,3-4,13H,2,5-6H2,(H,17,18,20)/t13-/m0/s1. The fourth-order valence-corrected chi connectivity index (χ4v) is 3.66. The van der Waals surface area contributed by atoms with Gasteiger partial charge in [-0.05, 0) is 35.4 Å². The van der Waals surface area contributed by atoms with Crippen molar-refractivity contribution < 1.29 is 4.79 Å². The van der Waals surface area contributed by atoms with Gasteiger partial charge in [0.1, 0.15) is 6.04 Å². The number of carbonyl (C=O) groups excluding carboxylic acids is 1. The highest BCUT2D eigenvalue weighted by Crippen LogP contribution is 2.43. The maximum Gasteiger partial charge on any atom is 0.248 e. The molecule has 4 rings (SSSR count). The molecule has 2 aromatic rings. The molecule has 2 aliphatic rings. The van der Waals surface area contributed by atoms with Crippen LogP contribution in [0.2, 0.25) is 10.0 Å². The number of anilines is 1. The first-order valence-electron chi connectivity index (χ1n) is 6.92. The predicted octanol–water partition coefficient (Wildman–Crippen LogP) is 3.00. The van der Waals surface area contributed by atoms with Crippen LogP contribution < -0.4 is 5.32 Å². The number of tetrazole rings is 1. The Morgan fingerprint density at radius 2 is 2.00 bits per heavy atom. The number of Topliss-reactive ketones (excluding diaryl/α,β-unsaturated/α-hetero) is 1. The lowest BCUT2D eigenvalue weighted by molar-refractivity contribution is -0.116. The average molecular weight is 336 g/mol. The van der Waals surface area contributed by atoms with E-state index in [-0.39, 0.29) is 5.78 Å². The minimum atomic E-state index is -0.491. The summed E-state index contributed by atoms with van der Waals surface area (Å²) in [6.07, 6.45) is 2.11. The second-order valence-corrected chi connectivity index (χ2v) is 6.09.